The van der Waals surface area contributed by atoms with Gasteiger partial charge in [-0.2, -0.15) is 0 Å². The van der Waals surface area contributed by atoms with Gasteiger partial charge in [0.05, 0.1) is 6.17 Å². The van der Waals surface area contributed by atoms with E-state index in [4.69, 9.17) is 25.4 Å². The summed E-state index contributed by atoms with van der Waals surface area (Å²) in [6, 6.07) is 1.19. The van der Waals surface area contributed by atoms with Gasteiger partial charge in [-0.15, -0.1) is 0 Å². The van der Waals surface area contributed by atoms with Crippen LogP contribution in [0.4, 0.5) is 0 Å². The van der Waals surface area contributed by atoms with E-state index in [9.17, 15) is 19.8 Å². The molecular weight excluding hydrogens is 662 g/mol. The number of carbonyl (C=O) groups is 1. The Kier molecular flexibility index (Phi) is 8.43. The van der Waals surface area contributed by atoms with Crippen LogP contribution in [0.15, 0.2) is 96.2 Å². The Labute approximate surface area is 301 Å². The van der Waals surface area contributed by atoms with E-state index in [2.05, 4.69) is 34.2 Å². The van der Waals surface area contributed by atoms with Gasteiger partial charge in [0.1, 0.15) is 46.8 Å². The summed E-state index contributed by atoms with van der Waals surface area (Å²) in [5, 5.41) is 31.7. The second kappa shape index (κ2) is 12.9. The third kappa shape index (κ3) is 5.31. The molecule has 0 saturated heterocycles. The number of aliphatic hydroxyl groups excluding tert-OH is 1. The highest BCUT2D eigenvalue weighted by molar-refractivity contribution is 5.92. The van der Waals surface area contributed by atoms with Crippen molar-refractivity contribution in [2.75, 3.05) is 20.1 Å². The van der Waals surface area contributed by atoms with Crippen LogP contribution in [0, 0.1) is 5.92 Å². The summed E-state index contributed by atoms with van der Waals surface area (Å²) in [5.74, 6) is -0.134. The molecule has 1 aromatic carbocycles. The van der Waals surface area contributed by atoms with Gasteiger partial charge >= 0.3 is 5.97 Å². The number of ether oxygens (including phenoxy) is 2. The van der Waals surface area contributed by atoms with Gasteiger partial charge in [0.2, 0.25) is 0 Å². The molecule has 0 amide bonds. The van der Waals surface area contributed by atoms with E-state index in [0.717, 1.165) is 33.4 Å². The zero-order valence-electron chi connectivity index (χ0n) is 29.7. The minimum Gasteiger partial charge on any atom is -0.507 e. The normalized spacial score (nSPS) is 26.3. The second-order valence-corrected chi connectivity index (χ2v) is 14.5. The number of rotatable bonds is 6. The molecule has 0 saturated carbocycles. The van der Waals surface area contributed by atoms with Crippen LogP contribution in [0.2, 0.25) is 0 Å². The van der Waals surface area contributed by atoms with Crippen LogP contribution in [-0.2, 0) is 29.0 Å². The van der Waals surface area contributed by atoms with Crippen molar-refractivity contribution in [3.05, 3.63) is 114 Å². The number of hydrogen-bond acceptors (Lipinski definition) is 12. The SMILES string of the molecule is CC=C(CCNC)C(=O)OC1Cc2c3c(c4oc(CO)cc(=O)c4c2O)CC2=CCNC(N)=C2C2=CCC4=C2C(CC2=CNC(N)C=C2C4)C1(C)O3. The lowest BCUT2D eigenvalue weighted by atomic mass is 9.69. The van der Waals surface area contributed by atoms with Crippen molar-refractivity contribution in [2.24, 2.45) is 17.4 Å². The molecule has 9 N–H and O–H groups in total. The van der Waals surface area contributed by atoms with Crippen molar-refractivity contribution in [1.29, 1.82) is 0 Å². The molecule has 2 aromatic rings. The highest BCUT2D eigenvalue weighted by atomic mass is 16.6. The fourth-order valence-corrected chi connectivity index (χ4v) is 8.89. The van der Waals surface area contributed by atoms with Crippen molar-refractivity contribution in [3.63, 3.8) is 0 Å². The number of esters is 1. The lowest BCUT2D eigenvalue weighted by Gasteiger charge is -2.48. The van der Waals surface area contributed by atoms with E-state index in [-0.39, 0.29) is 47.4 Å². The number of nitrogens with two attached hydrogens (primary N) is 2. The first kappa shape index (κ1) is 34.1. The smallest absolute Gasteiger partial charge is 0.334 e. The van der Waals surface area contributed by atoms with E-state index >= 15 is 0 Å². The minimum absolute atomic E-state index is 0.0153. The number of fused-ring (bicyclic) bond motifs is 7. The number of phenols is 1. The first-order valence-corrected chi connectivity index (χ1v) is 18.0. The van der Waals surface area contributed by atoms with Crippen molar-refractivity contribution >= 4 is 16.9 Å². The zero-order valence-corrected chi connectivity index (χ0v) is 29.7. The van der Waals surface area contributed by atoms with Crippen LogP contribution in [-0.4, -0.2) is 54.2 Å². The number of carbonyl (C=O) groups excluding carboxylic acids is 1. The van der Waals surface area contributed by atoms with Crippen LogP contribution >= 0.6 is 0 Å². The summed E-state index contributed by atoms with van der Waals surface area (Å²) < 4.78 is 20.0. The second-order valence-electron chi connectivity index (χ2n) is 14.5. The van der Waals surface area contributed by atoms with E-state index < -0.39 is 29.7 Å². The van der Waals surface area contributed by atoms with Crippen LogP contribution in [0.3, 0.4) is 0 Å². The van der Waals surface area contributed by atoms with Gasteiger partial charge < -0.3 is 51.5 Å². The fourth-order valence-electron chi connectivity index (χ4n) is 8.89. The Hall–Kier alpha value is -5.04. The topological polar surface area (TPSA) is 194 Å². The van der Waals surface area contributed by atoms with Crippen molar-refractivity contribution in [2.45, 2.75) is 76.9 Å². The van der Waals surface area contributed by atoms with E-state index in [1.165, 1.54) is 11.6 Å². The van der Waals surface area contributed by atoms with Gasteiger partial charge in [0.15, 0.2) is 11.0 Å². The molecule has 0 spiro atoms. The molecule has 2 aliphatic carbocycles. The molecular formula is C40H45N5O7. The number of nitrogens with one attached hydrogen (secondary N) is 3. The van der Waals surface area contributed by atoms with Gasteiger partial charge in [0.25, 0.3) is 0 Å². The Bertz CT molecular complexity index is 2200. The first-order valence-electron chi connectivity index (χ1n) is 18.0. The monoisotopic (exact) mass is 707 g/mol. The number of allylic oxidation sites excluding steroid dienone is 8. The molecule has 6 aliphatic rings. The predicted octanol–water partition coefficient (Wildman–Crippen LogP) is 3.14. The van der Waals surface area contributed by atoms with Crippen LogP contribution < -0.4 is 37.6 Å². The van der Waals surface area contributed by atoms with Gasteiger partial charge in [-0.3, -0.25) is 4.79 Å². The van der Waals surface area contributed by atoms with Gasteiger partial charge in [-0.1, -0.05) is 23.8 Å². The number of phenolic OH excluding ortho intramolecular Hbond substituents is 1. The Morgan fingerprint density at radius 3 is 2.79 bits per heavy atom. The average molecular weight is 708 g/mol. The minimum atomic E-state index is -1.19. The third-order valence-electron chi connectivity index (χ3n) is 11.6. The summed E-state index contributed by atoms with van der Waals surface area (Å²) in [5.41, 5.74) is 20.4. The number of dihydropyridines is 2. The quantitative estimate of drug-likeness (QED) is 0.172. The van der Waals surface area contributed by atoms with E-state index in [1.54, 1.807) is 6.08 Å². The fraction of sp³-hybridized carbons (Fsp3) is 0.400. The summed E-state index contributed by atoms with van der Waals surface area (Å²) in [7, 11) is 1.83. The van der Waals surface area contributed by atoms with Crippen LogP contribution in [0.5, 0.6) is 11.5 Å². The summed E-state index contributed by atoms with van der Waals surface area (Å²) in [6.45, 7) is 4.38. The molecule has 0 radical (unpaired) electrons. The maximum absolute atomic E-state index is 14.0. The predicted molar refractivity (Wildman–Crippen MR) is 196 cm³/mol. The first-order chi connectivity index (χ1) is 25.1. The molecule has 12 heteroatoms. The maximum atomic E-state index is 14.0. The Morgan fingerprint density at radius 1 is 1.19 bits per heavy atom. The lowest BCUT2D eigenvalue weighted by molar-refractivity contribution is -0.163. The number of hydrogen-bond donors (Lipinski definition) is 7. The van der Waals surface area contributed by atoms with Gasteiger partial charge in [-0.25, -0.2) is 4.79 Å². The highest BCUT2D eigenvalue weighted by Crippen LogP contribution is 2.57. The van der Waals surface area contributed by atoms with Crippen molar-refractivity contribution in [3.8, 4) is 11.5 Å². The third-order valence-corrected chi connectivity index (χ3v) is 11.6. The molecule has 1 aromatic heterocycles. The molecule has 12 nitrogen and oxygen atoms in total. The molecule has 8 rings (SSSR count). The van der Waals surface area contributed by atoms with Crippen LogP contribution in [0.1, 0.15) is 56.4 Å². The molecule has 2 bridgehead atoms. The van der Waals surface area contributed by atoms with E-state index in [0.29, 0.717) is 67.0 Å². The van der Waals surface area contributed by atoms with Gasteiger partial charge in [0, 0.05) is 59.8 Å². The van der Waals surface area contributed by atoms with Gasteiger partial charge in [-0.05, 0) is 87.1 Å². The standard InChI is InChI=1S/C40H45N5O7/c1-4-19(7-9-43-3)39(49)51-30-16-26-35(48)34-29(47)15-24(18-46)50-37(34)27-12-21-8-10-44-38(42)33(21)25-6-5-20-11-22-14-31(41)45-17-23(22)13-28(32(20)25)40(30,2)52-36(26)27/h4,6,8,14-15,17,28,30-31,43-46,48H,5,7,9-13,16,18,41-42H2,1-3H3. The maximum Gasteiger partial charge on any atom is 0.334 e. The summed E-state index contributed by atoms with van der Waals surface area (Å²) >= 11 is 0. The molecule has 4 aliphatic heterocycles. The number of aromatic hydroxyl groups is 1. The van der Waals surface area contributed by atoms with E-state index in [1.807, 2.05) is 27.1 Å². The molecule has 272 valence electrons. The molecule has 4 unspecified atom stereocenters. The summed E-state index contributed by atoms with van der Waals surface area (Å²) in [4.78, 5) is 27.6. The number of benzene rings is 1. The molecule has 0 fully saturated rings. The largest absolute Gasteiger partial charge is 0.507 e. The molecule has 52 heavy (non-hydrogen) atoms. The Balaban J connectivity index is 1.42. The van der Waals surface area contributed by atoms with Crippen LogP contribution in [0.25, 0.3) is 11.0 Å². The lowest BCUT2D eigenvalue weighted by Crippen LogP contribution is -2.57. The molecule has 4 atom stereocenters. The Morgan fingerprint density at radius 2 is 2.02 bits per heavy atom. The van der Waals surface area contributed by atoms with Crippen molar-refractivity contribution in [1.82, 2.24) is 16.0 Å². The molecule has 5 heterocycles. The average Bonchev–Trinajstić information content (AvgIpc) is 3.43. The van der Waals surface area contributed by atoms with Crippen molar-refractivity contribution < 1.29 is 28.9 Å². The highest BCUT2D eigenvalue weighted by Gasteiger charge is 2.55. The number of aliphatic hydroxyl groups is 1. The zero-order chi connectivity index (χ0) is 36.5. The summed E-state index contributed by atoms with van der Waals surface area (Å²) in [6.07, 6.45) is 11.7.